The third-order valence-corrected chi connectivity index (χ3v) is 8.25. The zero-order chi connectivity index (χ0) is 28.7. The molecule has 0 saturated carbocycles. The molecule has 6 rings (SSSR count). The van der Waals surface area contributed by atoms with Gasteiger partial charge in [-0.3, -0.25) is 9.88 Å². The van der Waals surface area contributed by atoms with Crippen LogP contribution in [0.25, 0.3) is 34.2 Å². The first-order chi connectivity index (χ1) is 20.7. The maximum absolute atomic E-state index is 6.17. The fourth-order valence-corrected chi connectivity index (χ4v) is 5.69. The molecule has 4 heterocycles. The largest absolute Gasteiger partial charge is 0.491 e. The topological polar surface area (TPSA) is 73.7 Å². The lowest BCUT2D eigenvalue weighted by Crippen LogP contribution is -2.38. The van der Waals surface area contributed by atoms with Gasteiger partial charge in [-0.15, -0.1) is 0 Å². The molecule has 4 aromatic rings. The molecule has 0 spiro atoms. The third kappa shape index (κ3) is 6.55. The Balaban J connectivity index is 1.24. The predicted octanol–water partition coefficient (Wildman–Crippen LogP) is 5.57. The van der Waals surface area contributed by atoms with Gasteiger partial charge in [-0.2, -0.15) is 5.10 Å². The summed E-state index contributed by atoms with van der Waals surface area (Å²) < 4.78 is 19.6. The second kappa shape index (κ2) is 13.6. The van der Waals surface area contributed by atoms with Gasteiger partial charge in [0, 0.05) is 44.2 Å². The van der Waals surface area contributed by atoms with Crippen LogP contribution in [-0.4, -0.2) is 77.8 Å². The Morgan fingerprint density at radius 1 is 1.07 bits per heavy atom. The Morgan fingerprint density at radius 3 is 2.74 bits per heavy atom. The van der Waals surface area contributed by atoms with Gasteiger partial charge in [-0.25, -0.2) is 4.68 Å². The number of fused-ring (bicyclic) bond motifs is 1. The van der Waals surface area contributed by atoms with Crippen molar-refractivity contribution in [3.05, 3.63) is 77.7 Å². The molecule has 0 aliphatic carbocycles. The van der Waals surface area contributed by atoms with E-state index in [1.807, 2.05) is 43.5 Å². The van der Waals surface area contributed by atoms with Crippen LogP contribution in [0, 0.1) is 0 Å². The summed E-state index contributed by atoms with van der Waals surface area (Å²) in [5.74, 6) is 0.773. The van der Waals surface area contributed by atoms with E-state index in [2.05, 4.69) is 50.2 Å². The number of hydrogen-bond donors (Lipinski definition) is 1. The van der Waals surface area contributed by atoms with E-state index in [0.717, 1.165) is 108 Å². The number of pyridine rings is 1. The zero-order valence-corrected chi connectivity index (χ0v) is 24.8. The van der Waals surface area contributed by atoms with E-state index in [1.54, 1.807) is 6.20 Å². The summed E-state index contributed by atoms with van der Waals surface area (Å²) >= 11 is 5.60. The first kappa shape index (κ1) is 28.5. The molecule has 1 atom stereocenters. The number of benzene rings is 2. The van der Waals surface area contributed by atoms with Crippen molar-refractivity contribution in [3.8, 4) is 16.9 Å². The summed E-state index contributed by atoms with van der Waals surface area (Å²) in [5, 5.41) is 9.23. The quantitative estimate of drug-likeness (QED) is 0.256. The second-order valence-corrected chi connectivity index (χ2v) is 11.0. The summed E-state index contributed by atoms with van der Waals surface area (Å²) in [6.07, 6.45) is 8.89. The van der Waals surface area contributed by atoms with Crippen LogP contribution in [-0.2, 0) is 9.47 Å². The Kier molecular flexibility index (Phi) is 9.20. The molecular formula is C33H37N5O3S. The lowest BCUT2D eigenvalue weighted by atomic mass is 9.98. The number of rotatable bonds is 9. The Bertz CT molecular complexity index is 1540. The smallest absolute Gasteiger partial charge is 0.150 e. The number of nitrogens with one attached hydrogen (secondary N) is 1. The fourth-order valence-electron chi connectivity index (χ4n) is 5.51. The van der Waals surface area contributed by atoms with Crippen LogP contribution >= 0.6 is 12.2 Å². The van der Waals surface area contributed by atoms with Crippen LogP contribution in [0.2, 0.25) is 0 Å². The van der Waals surface area contributed by atoms with E-state index in [-0.39, 0.29) is 6.23 Å². The summed E-state index contributed by atoms with van der Waals surface area (Å²) in [6.45, 7) is 5.79. The van der Waals surface area contributed by atoms with Crippen LogP contribution in [0.5, 0.6) is 5.75 Å². The van der Waals surface area contributed by atoms with Gasteiger partial charge in [0.1, 0.15) is 17.3 Å². The van der Waals surface area contributed by atoms with Crippen molar-refractivity contribution in [2.75, 3.05) is 53.1 Å². The molecule has 0 radical (unpaired) electrons. The average molecular weight is 584 g/mol. The molecule has 42 heavy (non-hydrogen) atoms. The van der Waals surface area contributed by atoms with Gasteiger partial charge in [-0.1, -0.05) is 42.5 Å². The normalized spacial score (nSPS) is 18.0. The molecule has 2 saturated heterocycles. The lowest BCUT2D eigenvalue weighted by molar-refractivity contribution is -0.0367. The maximum Gasteiger partial charge on any atom is 0.150 e. The monoisotopic (exact) mass is 583 g/mol. The molecule has 2 aromatic carbocycles. The van der Waals surface area contributed by atoms with Crippen molar-refractivity contribution in [1.29, 1.82) is 0 Å². The van der Waals surface area contributed by atoms with Gasteiger partial charge in [0.15, 0.2) is 6.23 Å². The Hall–Kier alpha value is -3.63. The summed E-state index contributed by atoms with van der Waals surface area (Å²) in [7, 11) is 1.86. The van der Waals surface area contributed by atoms with Gasteiger partial charge in [0.2, 0.25) is 0 Å². The number of aromatic nitrogens is 3. The summed E-state index contributed by atoms with van der Waals surface area (Å²) in [4.78, 5) is 7.68. The van der Waals surface area contributed by atoms with E-state index in [1.165, 1.54) is 0 Å². The van der Waals surface area contributed by atoms with E-state index >= 15 is 0 Å². The van der Waals surface area contributed by atoms with E-state index < -0.39 is 0 Å². The highest BCUT2D eigenvalue weighted by Gasteiger charge is 2.21. The molecule has 2 fully saturated rings. The Labute approximate surface area is 252 Å². The first-order valence-electron chi connectivity index (χ1n) is 14.7. The van der Waals surface area contributed by atoms with E-state index in [4.69, 9.17) is 31.5 Å². The standard InChI is InChI=1S/C33H37N5O3S/c1-34-33(42)28-7-3-2-6-27(28)24-9-13-29-30(36-38(31(29)22-24)32-8-4-5-18-41-32)14-11-25-10-12-26(23-35-25)40-21-17-37-15-19-39-20-16-37/h2-3,6-7,9-14,22-23,32H,4-5,8,15-21H2,1H3,(H,34,42)/b14-11+. The number of hydrogen-bond acceptors (Lipinski definition) is 7. The number of thiocarbonyl (C=S) groups is 1. The molecule has 9 heteroatoms. The average Bonchev–Trinajstić information content (AvgIpc) is 3.42. The fraction of sp³-hybridized carbons (Fsp3) is 0.364. The van der Waals surface area contributed by atoms with Crippen LogP contribution < -0.4 is 10.1 Å². The highest BCUT2D eigenvalue weighted by atomic mass is 32.1. The highest BCUT2D eigenvalue weighted by molar-refractivity contribution is 7.80. The molecule has 1 N–H and O–H groups in total. The van der Waals surface area contributed by atoms with Gasteiger partial charge < -0.3 is 19.5 Å². The van der Waals surface area contributed by atoms with Gasteiger partial charge >= 0.3 is 0 Å². The third-order valence-electron chi connectivity index (χ3n) is 7.83. The predicted molar refractivity (Wildman–Crippen MR) is 171 cm³/mol. The van der Waals surface area contributed by atoms with Crippen molar-refractivity contribution in [2.24, 2.45) is 0 Å². The van der Waals surface area contributed by atoms with Crippen molar-refractivity contribution in [3.63, 3.8) is 0 Å². The van der Waals surface area contributed by atoms with Crippen molar-refractivity contribution >= 4 is 40.3 Å². The molecule has 2 aromatic heterocycles. The summed E-state index contributed by atoms with van der Waals surface area (Å²) in [5.41, 5.74) is 5.96. The van der Waals surface area contributed by atoms with Crippen molar-refractivity contribution in [1.82, 2.24) is 25.0 Å². The second-order valence-electron chi connectivity index (χ2n) is 10.6. The number of nitrogens with zero attached hydrogens (tertiary/aromatic N) is 4. The van der Waals surface area contributed by atoms with Crippen molar-refractivity contribution < 1.29 is 14.2 Å². The number of ether oxygens (including phenoxy) is 3. The molecular weight excluding hydrogens is 546 g/mol. The minimum atomic E-state index is -0.0840. The lowest BCUT2D eigenvalue weighted by Gasteiger charge is -2.26. The molecule has 0 bridgehead atoms. The SMILES string of the molecule is CNC(=S)c1ccccc1-c1ccc2c(/C=C/c3ccc(OCCN4CCOCC4)cn3)nn(C3CCCCO3)c2c1. The maximum atomic E-state index is 6.17. The van der Waals surface area contributed by atoms with Crippen molar-refractivity contribution in [2.45, 2.75) is 25.5 Å². The van der Waals surface area contributed by atoms with E-state index in [9.17, 15) is 0 Å². The van der Waals surface area contributed by atoms with Crippen LogP contribution in [0.15, 0.2) is 60.8 Å². The van der Waals surface area contributed by atoms with Gasteiger partial charge in [-0.05, 0) is 66.8 Å². The minimum Gasteiger partial charge on any atom is -0.491 e. The van der Waals surface area contributed by atoms with Gasteiger partial charge in [0.05, 0.1) is 36.3 Å². The van der Waals surface area contributed by atoms with Crippen LogP contribution in [0.1, 0.15) is 42.4 Å². The molecule has 8 nitrogen and oxygen atoms in total. The molecule has 1 unspecified atom stereocenters. The first-order valence-corrected chi connectivity index (χ1v) is 15.1. The Morgan fingerprint density at radius 2 is 1.95 bits per heavy atom. The molecule has 218 valence electrons. The molecule has 0 amide bonds. The molecule has 2 aliphatic rings. The molecule has 2 aliphatic heterocycles. The highest BCUT2D eigenvalue weighted by Crippen LogP contribution is 2.33. The van der Waals surface area contributed by atoms with Crippen LogP contribution in [0.3, 0.4) is 0 Å². The number of morpholine rings is 1. The summed E-state index contributed by atoms with van der Waals surface area (Å²) in [6, 6.07) is 18.7. The minimum absolute atomic E-state index is 0.0840. The zero-order valence-electron chi connectivity index (χ0n) is 24.0. The van der Waals surface area contributed by atoms with E-state index in [0.29, 0.717) is 6.61 Å². The van der Waals surface area contributed by atoms with Crippen LogP contribution in [0.4, 0.5) is 0 Å². The van der Waals surface area contributed by atoms with Gasteiger partial charge in [0.25, 0.3) is 0 Å².